The number of aliphatic hydroxyl groups excluding tert-OH is 1. The summed E-state index contributed by atoms with van der Waals surface area (Å²) in [6.07, 6.45) is -2.17. The topological polar surface area (TPSA) is 94.8 Å². The Hall–Kier alpha value is -2.66. The first kappa shape index (κ1) is 16.7. The van der Waals surface area contributed by atoms with E-state index in [0.29, 0.717) is 11.1 Å². The van der Waals surface area contributed by atoms with Gasteiger partial charge in [-0.05, 0) is 24.0 Å². The van der Waals surface area contributed by atoms with Crippen LogP contribution in [0.5, 0.6) is 0 Å². The van der Waals surface area contributed by atoms with E-state index in [1.54, 1.807) is 60.7 Å². The van der Waals surface area contributed by atoms with Crippen LogP contribution in [0.3, 0.4) is 0 Å². The first-order chi connectivity index (χ1) is 11.0. The van der Waals surface area contributed by atoms with Gasteiger partial charge in [-0.15, -0.1) is 0 Å². The van der Waals surface area contributed by atoms with Gasteiger partial charge in [0, 0.05) is 0 Å². The Morgan fingerprint density at radius 1 is 0.826 bits per heavy atom. The minimum atomic E-state index is -2.01. The number of carbonyl (C=O) groups is 2. The minimum Gasteiger partial charge on any atom is -0.481 e. The lowest BCUT2D eigenvalue weighted by atomic mass is 9.72. The van der Waals surface area contributed by atoms with Gasteiger partial charge in [0.15, 0.2) is 6.10 Å². The lowest BCUT2D eigenvalue weighted by Gasteiger charge is -2.32. The predicted molar refractivity (Wildman–Crippen MR) is 84.0 cm³/mol. The maximum absolute atomic E-state index is 12.0. The van der Waals surface area contributed by atoms with Crippen LogP contribution in [-0.2, 0) is 22.4 Å². The zero-order valence-electron chi connectivity index (χ0n) is 12.4. The summed E-state index contributed by atoms with van der Waals surface area (Å²) < 4.78 is 0. The molecule has 0 heterocycles. The Balaban J connectivity index is 2.46. The molecule has 2 aromatic carbocycles. The Morgan fingerprint density at radius 2 is 1.22 bits per heavy atom. The first-order valence-corrected chi connectivity index (χ1v) is 7.18. The molecule has 0 fully saturated rings. The highest BCUT2D eigenvalue weighted by Crippen LogP contribution is 2.33. The van der Waals surface area contributed by atoms with Crippen molar-refractivity contribution in [3.05, 3.63) is 71.8 Å². The zero-order valence-corrected chi connectivity index (χ0v) is 12.4. The molecule has 0 aliphatic rings. The van der Waals surface area contributed by atoms with Gasteiger partial charge in [0.2, 0.25) is 0 Å². The highest BCUT2D eigenvalue weighted by atomic mass is 16.4. The van der Waals surface area contributed by atoms with E-state index in [-0.39, 0.29) is 12.8 Å². The average molecular weight is 314 g/mol. The van der Waals surface area contributed by atoms with Gasteiger partial charge in [0.05, 0.1) is 0 Å². The summed E-state index contributed by atoms with van der Waals surface area (Å²) >= 11 is 0. The number of hydrogen-bond acceptors (Lipinski definition) is 3. The van der Waals surface area contributed by atoms with Crippen LogP contribution in [0.15, 0.2) is 60.7 Å². The van der Waals surface area contributed by atoms with Gasteiger partial charge in [0.1, 0.15) is 5.41 Å². The van der Waals surface area contributed by atoms with Crippen LogP contribution in [0.25, 0.3) is 0 Å². The molecule has 5 heteroatoms. The van der Waals surface area contributed by atoms with Gasteiger partial charge in [-0.25, -0.2) is 4.79 Å². The van der Waals surface area contributed by atoms with E-state index < -0.39 is 23.5 Å². The maximum atomic E-state index is 12.0. The summed E-state index contributed by atoms with van der Waals surface area (Å²) in [5.41, 5.74) is -0.522. The SMILES string of the molecule is O=C(O)C(O)C(Cc1ccccc1)(Cc1ccccc1)C(=O)O. The third-order valence-corrected chi connectivity index (χ3v) is 3.91. The van der Waals surface area contributed by atoms with Gasteiger partial charge in [-0.1, -0.05) is 60.7 Å². The van der Waals surface area contributed by atoms with Crippen LogP contribution in [0.2, 0.25) is 0 Å². The molecule has 0 bridgehead atoms. The van der Waals surface area contributed by atoms with Crippen LogP contribution in [0.4, 0.5) is 0 Å². The molecule has 5 nitrogen and oxygen atoms in total. The van der Waals surface area contributed by atoms with Gasteiger partial charge in [-0.3, -0.25) is 4.79 Å². The van der Waals surface area contributed by atoms with Crippen molar-refractivity contribution in [2.75, 3.05) is 0 Å². The average Bonchev–Trinajstić information content (AvgIpc) is 2.55. The summed E-state index contributed by atoms with van der Waals surface area (Å²) in [6, 6.07) is 17.4. The lowest BCUT2D eigenvalue weighted by Crippen LogP contribution is -2.50. The summed E-state index contributed by atoms with van der Waals surface area (Å²) in [5, 5.41) is 29.1. The van der Waals surface area contributed by atoms with E-state index in [9.17, 15) is 24.9 Å². The van der Waals surface area contributed by atoms with E-state index in [2.05, 4.69) is 0 Å². The van der Waals surface area contributed by atoms with Crippen LogP contribution in [-0.4, -0.2) is 33.4 Å². The van der Waals surface area contributed by atoms with Crippen LogP contribution in [0, 0.1) is 5.41 Å². The van der Waals surface area contributed by atoms with Crippen molar-refractivity contribution in [1.82, 2.24) is 0 Å². The Kier molecular flexibility index (Phi) is 5.13. The number of hydrogen-bond donors (Lipinski definition) is 3. The van der Waals surface area contributed by atoms with Crippen molar-refractivity contribution in [2.45, 2.75) is 18.9 Å². The Bertz CT molecular complexity index is 625. The Morgan fingerprint density at radius 3 is 1.52 bits per heavy atom. The molecule has 2 aromatic rings. The lowest BCUT2D eigenvalue weighted by molar-refractivity contribution is -0.170. The van der Waals surface area contributed by atoms with E-state index in [1.807, 2.05) is 0 Å². The largest absolute Gasteiger partial charge is 0.481 e. The minimum absolute atomic E-state index is 0.0778. The first-order valence-electron chi connectivity index (χ1n) is 7.18. The van der Waals surface area contributed by atoms with Gasteiger partial charge >= 0.3 is 11.9 Å². The van der Waals surface area contributed by atoms with Gasteiger partial charge in [0.25, 0.3) is 0 Å². The molecule has 0 aliphatic heterocycles. The van der Waals surface area contributed by atoms with Crippen LogP contribution >= 0.6 is 0 Å². The smallest absolute Gasteiger partial charge is 0.333 e. The molecule has 3 N–H and O–H groups in total. The van der Waals surface area contributed by atoms with Crippen molar-refractivity contribution in [3.63, 3.8) is 0 Å². The molecular formula is C18H18O5. The fourth-order valence-electron chi connectivity index (χ4n) is 2.68. The molecule has 1 unspecified atom stereocenters. The van der Waals surface area contributed by atoms with Crippen molar-refractivity contribution < 1.29 is 24.9 Å². The number of benzene rings is 2. The molecule has 2 rings (SSSR count). The van der Waals surface area contributed by atoms with E-state index >= 15 is 0 Å². The molecule has 0 aliphatic carbocycles. The second-order valence-electron chi connectivity index (χ2n) is 5.53. The van der Waals surface area contributed by atoms with Gasteiger partial charge < -0.3 is 15.3 Å². The normalized spacial score (nSPS) is 12.6. The molecule has 0 saturated heterocycles. The van der Waals surface area contributed by atoms with E-state index in [0.717, 1.165) is 0 Å². The monoisotopic (exact) mass is 314 g/mol. The Labute approximate surface area is 133 Å². The van der Waals surface area contributed by atoms with E-state index in [1.165, 1.54) is 0 Å². The second kappa shape index (κ2) is 7.07. The van der Waals surface area contributed by atoms with Crippen molar-refractivity contribution in [1.29, 1.82) is 0 Å². The molecule has 0 radical (unpaired) electrons. The number of carboxylic acids is 2. The standard InChI is InChI=1S/C18H18O5/c19-15(16(20)21)18(17(22)23,11-13-7-3-1-4-8-13)12-14-9-5-2-6-10-14/h1-10,15,19H,11-12H2,(H,20,21)(H,22,23). The van der Waals surface area contributed by atoms with Crippen LogP contribution in [0.1, 0.15) is 11.1 Å². The number of aliphatic carboxylic acids is 2. The zero-order chi connectivity index (χ0) is 16.9. The number of rotatable bonds is 7. The van der Waals surface area contributed by atoms with Crippen molar-refractivity contribution in [2.24, 2.45) is 5.41 Å². The number of carboxylic acid groups (broad SMARTS) is 2. The molecule has 0 saturated carbocycles. The predicted octanol–water partition coefficient (Wildman–Crippen LogP) is 1.99. The molecule has 0 aromatic heterocycles. The summed E-state index contributed by atoms with van der Waals surface area (Å²) in [4.78, 5) is 23.3. The molecular weight excluding hydrogens is 296 g/mol. The number of aliphatic hydroxyl groups is 1. The van der Waals surface area contributed by atoms with E-state index in [4.69, 9.17) is 0 Å². The van der Waals surface area contributed by atoms with Crippen molar-refractivity contribution >= 4 is 11.9 Å². The highest BCUT2D eigenvalue weighted by molar-refractivity contribution is 5.85. The second-order valence-corrected chi connectivity index (χ2v) is 5.53. The highest BCUT2D eigenvalue weighted by Gasteiger charge is 2.49. The van der Waals surface area contributed by atoms with Gasteiger partial charge in [-0.2, -0.15) is 0 Å². The van der Waals surface area contributed by atoms with Crippen LogP contribution < -0.4 is 0 Å². The fourth-order valence-corrected chi connectivity index (χ4v) is 2.68. The van der Waals surface area contributed by atoms with Crippen molar-refractivity contribution in [3.8, 4) is 0 Å². The third kappa shape index (κ3) is 3.76. The molecule has 0 spiro atoms. The molecule has 1 atom stereocenters. The molecule has 23 heavy (non-hydrogen) atoms. The third-order valence-electron chi connectivity index (χ3n) is 3.91. The molecule has 120 valence electrons. The molecule has 0 amide bonds. The maximum Gasteiger partial charge on any atom is 0.333 e. The summed E-state index contributed by atoms with van der Waals surface area (Å²) in [6.45, 7) is 0. The summed E-state index contributed by atoms with van der Waals surface area (Å²) in [5.74, 6) is -2.88. The summed E-state index contributed by atoms with van der Waals surface area (Å²) in [7, 11) is 0. The fraction of sp³-hybridized carbons (Fsp3) is 0.222. The quantitative estimate of drug-likeness (QED) is 0.726.